The molecule has 0 bridgehead atoms. The van der Waals surface area contributed by atoms with Gasteiger partial charge in [-0.3, -0.25) is 4.79 Å². The molecule has 27 heavy (non-hydrogen) atoms. The molecule has 11 heteroatoms. The zero-order valence-electron chi connectivity index (χ0n) is 14.0. The minimum absolute atomic E-state index is 0.0418. The Hall–Kier alpha value is -2.66. The summed E-state index contributed by atoms with van der Waals surface area (Å²) in [7, 11) is -3.78. The Morgan fingerprint density at radius 1 is 1.07 bits per heavy atom. The average molecular weight is 402 g/mol. The van der Waals surface area contributed by atoms with Crippen LogP contribution in [0.15, 0.2) is 47.5 Å². The van der Waals surface area contributed by atoms with Gasteiger partial charge in [0.1, 0.15) is 5.82 Å². The monoisotopic (exact) mass is 402 g/mol. The van der Waals surface area contributed by atoms with Crippen molar-refractivity contribution in [2.45, 2.75) is 17.5 Å². The molecule has 1 heterocycles. The van der Waals surface area contributed by atoms with Crippen LogP contribution in [0, 0.1) is 0 Å². The van der Waals surface area contributed by atoms with Gasteiger partial charge in [0.05, 0.1) is 16.9 Å². The molecule has 0 aliphatic rings. The molecule has 0 saturated carbocycles. The molecule has 0 radical (unpaired) electrons. The van der Waals surface area contributed by atoms with Crippen molar-refractivity contribution in [1.82, 2.24) is 10.3 Å². The van der Waals surface area contributed by atoms with Gasteiger partial charge in [-0.2, -0.15) is 13.2 Å². The van der Waals surface area contributed by atoms with Crippen molar-refractivity contribution in [2.75, 3.05) is 18.4 Å². The number of hydrogen-bond donors (Lipinski definition) is 3. The number of nitrogens with one attached hydrogen (secondary N) is 2. The highest BCUT2D eigenvalue weighted by Crippen LogP contribution is 2.28. The SMILES string of the molecule is NS(=O)(=O)c1ccc(CC(=O)NCCNc2ccc(C(F)(F)F)cn2)cc1. The van der Waals surface area contributed by atoms with Crippen molar-refractivity contribution in [2.24, 2.45) is 5.14 Å². The molecule has 146 valence electrons. The molecule has 4 N–H and O–H groups in total. The normalized spacial score (nSPS) is 11.9. The summed E-state index contributed by atoms with van der Waals surface area (Å²) < 4.78 is 59.6. The first-order chi connectivity index (χ1) is 12.6. The molecular weight excluding hydrogens is 385 g/mol. The largest absolute Gasteiger partial charge is 0.417 e. The second-order valence-electron chi connectivity index (χ2n) is 5.57. The van der Waals surface area contributed by atoms with E-state index in [4.69, 9.17) is 5.14 Å². The maximum Gasteiger partial charge on any atom is 0.417 e. The third kappa shape index (κ3) is 6.53. The second kappa shape index (κ2) is 8.35. The van der Waals surface area contributed by atoms with Crippen LogP contribution < -0.4 is 15.8 Å². The van der Waals surface area contributed by atoms with Gasteiger partial charge in [0.25, 0.3) is 0 Å². The highest BCUT2D eigenvalue weighted by atomic mass is 32.2. The van der Waals surface area contributed by atoms with E-state index in [1.54, 1.807) is 0 Å². The molecule has 2 aromatic rings. The first-order valence-corrected chi connectivity index (χ1v) is 9.26. The fourth-order valence-electron chi connectivity index (χ4n) is 2.10. The minimum atomic E-state index is -4.44. The van der Waals surface area contributed by atoms with Crippen molar-refractivity contribution in [1.29, 1.82) is 0 Å². The van der Waals surface area contributed by atoms with E-state index < -0.39 is 21.8 Å². The number of hydrogen-bond acceptors (Lipinski definition) is 5. The molecule has 0 fully saturated rings. The zero-order chi connectivity index (χ0) is 20.1. The van der Waals surface area contributed by atoms with Gasteiger partial charge >= 0.3 is 6.18 Å². The maximum absolute atomic E-state index is 12.4. The lowest BCUT2D eigenvalue weighted by atomic mass is 10.1. The topological polar surface area (TPSA) is 114 Å². The number of pyridine rings is 1. The molecular formula is C16H17F3N4O3S. The number of amides is 1. The smallest absolute Gasteiger partial charge is 0.368 e. The number of primary sulfonamides is 1. The lowest BCUT2D eigenvalue weighted by Crippen LogP contribution is -2.30. The Balaban J connectivity index is 1.75. The van der Waals surface area contributed by atoms with Crippen LogP contribution in [0.4, 0.5) is 19.0 Å². The molecule has 7 nitrogen and oxygen atoms in total. The number of rotatable bonds is 7. The van der Waals surface area contributed by atoms with E-state index in [9.17, 15) is 26.4 Å². The van der Waals surface area contributed by atoms with Crippen LogP contribution in [-0.4, -0.2) is 32.4 Å². The third-order valence-electron chi connectivity index (χ3n) is 3.46. The predicted octanol–water partition coefficient (Wildman–Crippen LogP) is 1.52. The van der Waals surface area contributed by atoms with E-state index in [1.165, 1.54) is 30.3 Å². The average Bonchev–Trinajstić information content (AvgIpc) is 2.58. The van der Waals surface area contributed by atoms with Gasteiger partial charge in [-0.15, -0.1) is 0 Å². The van der Waals surface area contributed by atoms with Gasteiger partial charge in [0, 0.05) is 19.3 Å². The lowest BCUT2D eigenvalue weighted by Gasteiger charge is -2.09. The maximum atomic E-state index is 12.4. The Kier molecular flexibility index (Phi) is 6.39. The summed E-state index contributed by atoms with van der Waals surface area (Å²) in [5.41, 5.74) is -0.230. The van der Waals surface area contributed by atoms with E-state index in [1.807, 2.05) is 0 Å². The Morgan fingerprint density at radius 2 is 1.74 bits per heavy atom. The fraction of sp³-hybridized carbons (Fsp3) is 0.250. The molecule has 0 aliphatic heterocycles. The van der Waals surface area contributed by atoms with Crippen LogP contribution >= 0.6 is 0 Å². The summed E-state index contributed by atoms with van der Waals surface area (Å²) in [5, 5.41) is 10.4. The van der Waals surface area contributed by atoms with E-state index >= 15 is 0 Å². The summed E-state index contributed by atoms with van der Waals surface area (Å²) in [6, 6.07) is 7.73. The molecule has 2 rings (SSSR count). The minimum Gasteiger partial charge on any atom is -0.368 e. The van der Waals surface area contributed by atoms with Gasteiger partial charge in [0.15, 0.2) is 0 Å². The molecule has 0 saturated heterocycles. The fourth-order valence-corrected chi connectivity index (χ4v) is 2.62. The number of nitrogens with two attached hydrogens (primary N) is 1. The highest BCUT2D eigenvalue weighted by molar-refractivity contribution is 7.89. The molecule has 1 aromatic carbocycles. The Labute approximate surface area is 153 Å². The standard InChI is InChI=1S/C16H17F3N4O3S/c17-16(18,19)12-3-6-14(23-10-12)21-7-8-22-15(24)9-11-1-4-13(5-2-11)27(20,25)26/h1-6,10H,7-9H2,(H,21,23)(H,22,24)(H2,20,25,26). The van der Waals surface area contributed by atoms with Gasteiger partial charge in [-0.05, 0) is 29.8 Å². The first kappa shape index (κ1) is 20.6. The molecule has 0 atom stereocenters. The van der Waals surface area contributed by atoms with Crippen LogP contribution in [0.3, 0.4) is 0 Å². The van der Waals surface area contributed by atoms with E-state index in [0.717, 1.165) is 12.3 Å². The molecule has 1 amide bonds. The summed E-state index contributed by atoms with van der Waals surface area (Å²) >= 11 is 0. The number of aromatic nitrogens is 1. The van der Waals surface area contributed by atoms with Crippen LogP contribution in [0.1, 0.15) is 11.1 Å². The highest BCUT2D eigenvalue weighted by Gasteiger charge is 2.30. The van der Waals surface area contributed by atoms with Crippen LogP contribution in [-0.2, 0) is 27.4 Å². The number of sulfonamides is 1. The van der Waals surface area contributed by atoms with Crippen molar-refractivity contribution in [3.63, 3.8) is 0 Å². The summed E-state index contributed by atoms with van der Waals surface area (Å²) in [5.74, 6) is -0.0311. The van der Waals surface area contributed by atoms with Crippen molar-refractivity contribution < 1.29 is 26.4 Å². The number of alkyl halides is 3. The van der Waals surface area contributed by atoms with E-state index in [0.29, 0.717) is 5.56 Å². The number of carbonyl (C=O) groups excluding carboxylic acids is 1. The molecule has 0 unspecified atom stereocenters. The molecule has 1 aromatic heterocycles. The van der Waals surface area contributed by atoms with Gasteiger partial charge < -0.3 is 10.6 Å². The summed E-state index contributed by atoms with van der Waals surface area (Å²) in [4.78, 5) is 15.5. The third-order valence-corrected chi connectivity index (χ3v) is 4.39. The van der Waals surface area contributed by atoms with Gasteiger partial charge in [0.2, 0.25) is 15.9 Å². The number of carbonyl (C=O) groups is 1. The van der Waals surface area contributed by atoms with E-state index in [2.05, 4.69) is 15.6 Å². The number of benzene rings is 1. The predicted molar refractivity (Wildman–Crippen MR) is 92.3 cm³/mol. The molecule has 0 aliphatic carbocycles. The number of anilines is 1. The van der Waals surface area contributed by atoms with Crippen molar-refractivity contribution in [3.05, 3.63) is 53.7 Å². The lowest BCUT2D eigenvalue weighted by molar-refractivity contribution is -0.137. The van der Waals surface area contributed by atoms with E-state index in [-0.39, 0.29) is 36.1 Å². The summed E-state index contributed by atoms with van der Waals surface area (Å²) in [6.07, 6.45) is -3.67. The van der Waals surface area contributed by atoms with Gasteiger partial charge in [-0.25, -0.2) is 18.5 Å². The Morgan fingerprint density at radius 3 is 2.26 bits per heavy atom. The number of nitrogens with zero attached hydrogens (tertiary/aromatic N) is 1. The van der Waals surface area contributed by atoms with Crippen molar-refractivity contribution >= 4 is 21.7 Å². The quantitative estimate of drug-likeness (QED) is 0.608. The van der Waals surface area contributed by atoms with Crippen LogP contribution in [0.5, 0.6) is 0 Å². The first-order valence-electron chi connectivity index (χ1n) is 7.71. The zero-order valence-corrected chi connectivity index (χ0v) is 14.8. The number of halogens is 3. The van der Waals surface area contributed by atoms with Crippen molar-refractivity contribution in [3.8, 4) is 0 Å². The Bertz CT molecular complexity index is 883. The van der Waals surface area contributed by atoms with Gasteiger partial charge in [-0.1, -0.05) is 12.1 Å². The summed E-state index contributed by atoms with van der Waals surface area (Å²) in [6.45, 7) is 0.505. The van der Waals surface area contributed by atoms with Crippen LogP contribution in [0.25, 0.3) is 0 Å². The van der Waals surface area contributed by atoms with Crippen LogP contribution in [0.2, 0.25) is 0 Å². The molecule has 0 spiro atoms. The second-order valence-corrected chi connectivity index (χ2v) is 7.13.